The van der Waals surface area contributed by atoms with E-state index in [2.05, 4.69) is 203 Å². The SMILES string of the molecule is c1ccc(-c2cc(-c3ccc(-n4c5ccccc5c5ccc(-c6ccc(-c7ccc8c(c7)c7ccccc7n8-c7ccccc7)cc6)cc54)cc3)nc(-c3ccccc3)n2)cc1. The van der Waals surface area contributed by atoms with Crippen LogP contribution in [0.3, 0.4) is 0 Å². The molecule has 0 saturated heterocycles. The van der Waals surface area contributed by atoms with Gasteiger partial charge in [-0.3, -0.25) is 0 Å². The van der Waals surface area contributed by atoms with Crippen molar-refractivity contribution in [2.45, 2.75) is 0 Å². The second-order valence-electron chi connectivity index (χ2n) is 15.8. The lowest BCUT2D eigenvalue weighted by Crippen LogP contribution is -1.97. The van der Waals surface area contributed by atoms with Gasteiger partial charge in [-0.2, -0.15) is 0 Å². The van der Waals surface area contributed by atoms with E-state index in [-0.39, 0.29) is 0 Å². The van der Waals surface area contributed by atoms with Crippen LogP contribution in [0.15, 0.2) is 231 Å². The Labute approximate surface area is 359 Å². The zero-order valence-corrected chi connectivity index (χ0v) is 33.7. The maximum Gasteiger partial charge on any atom is 0.160 e. The normalized spacial score (nSPS) is 11.5. The van der Waals surface area contributed by atoms with Crippen LogP contribution in [0.25, 0.3) is 111 Å². The molecule has 12 aromatic rings. The van der Waals surface area contributed by atoms with E-state index in [0.717, 1.165) is 33.8 Å². The minimum atomic E-state index is 0.710. The molecule has 0 amide bonds. The third-order valence-electron chi connectivity index (χ3n) is 12.2. The molecule has 0 aliphatic carbocycles. The lowest BCUT2D eigenvalue weighted by molar-refractivity contribution is 1.17. The van der Waals surface area contributed by atoms with Gasteiger partial charge in [-0.1, -0.05) is 170 Å². The second-order valence-corrected chi connectivity index (χ2v) is 15.8. The fourth-order valence-corrected chi connectivity index (χ4v) is 9.14. The second kappa shape index (κ2) is 14.7. The Bertz CT molecular complexity index is 3530. The van der Waals surface area contributed by atoms with Crippen LogP contribution < -0.4 is 0 Å². The maximum atomic E-state index is 5.08. The van der Waals surface area contributed by atoms with Crippen molar-refractivity contribution in [2.75, 3.05) is 0 Å². The van der Waals surface area contributed by atoms with Gasteiger partial charge in [0.25, 0.3) is 0 Å². The van der Waals surface area contributed by atoms with E-state index in [1.54, 1.807) is 0 Å². The molecule has 9 aromatic carbocycles. The molecule has 12 rings (SSSR count). The first-order valence-electron chi connectivity index (χ1n) is 21.1. The van der Waals surface area contributed by atoms with Crippen LogP contribution in [0.5, 0.6) is 0 Å². The van der Waals surface area contributed by atoms with E-state index < -0.39 is 0 Å². The van der Waals surface area contributed by atoms with Gasteiger partial charge in [-0.15, -0.1) is 0 Å². The van der Waals surface area contributed by atoms with Gasteiger partial charge >= 0.3 is 0 Å². The Kier molecular flexibility index (Phi) is 8.46. The van der Waals surface area contributed by atoms with Crippen LogP contribution in [0.2, 0.25) is 0 Å². The lowest BCUT2D eigenvalue weighted by atomic mass is 9.98. The van der Waals surface area contributed by atoms with Gasteiger partial charge in [-0.25, -0.2) is 9.97 Å². The zero-order valence-electron chi connectivity index (χ0n) is 33.7. The maximum absolute atomic E-state index is 5.08. The van der Waals surface area contributed by atoms with E-state index in [4.69, 9.17) is 9.97 Å². The molecule has 4 nitrogen and oxygen atoms in total. The molecule has 290 valence electrons. The quantitative estimate of drug-likeness (QED) is 0.161. The first-order chi connectivity index (χ1) is 30.7. The topological polar surface area (TPSA) is 35.6 Å². The van der Waals surface area contributed by atoms with Crippen LogP contribution in [-0.2, 0) is 0 Å². The number of aromatic nitrogens is 4. The third-order valence-corrected chi connectivity index (χ3v) is 12.2. The molecule has 0 fully saturated rings. The van der Waals surface area contributed by atoms with Crippen LogP contribution in [0, 0.1) is 0 Å². The van der Waals surface area contributed by atoms with Crippen LogP contribution >= 0.6 is 0 Å². The van der Waals surface area contributed by atoms with E-state index in [0.29, 0.717) is 5.82 Å². The standard InChI is InChI=1S/C58H38N4/c1-4-14-41(15-5-1)52-38-53(60-58(59-52)43-16-6-2-7-17-43)42-28-32-47(33-29-42)62-54-22-12-10-20-48(54)50-34-30-45(37-57(50)62)40-26-24-39(25-27-40)44-31-35-56-51(36-44)49-21-11-13-23-55(49)61(56)46-18-8-3-9-19-46/h1-38H. The Morgan fingerprint density at radius 2 is 0.661 bits per heavy atom. The summed E-state index contributed by atoms with van der Waals surface area (Å²) in [6.45, 7) is 0. The van der Waals surface area contributed by atoms with Crippen molar-refractivity contribution in [1.82, 2.24) is 19.1 Å². The summed E-state index contributed by atoms with van der Waals surface area (Å²) in [6.07, 6.45) is 0. The third kappa shape index (κ3) is 6.08. The average Bonchev–Trinajstić information content (AvgIpc) is 3.87. The summed E-state index contributed by atoms with van der Waals surface area (Å²) in [6, 6.07) is 82.2. The molecule has 3 aromatic heterocycles. The molecule has 0 atom stereocenters. The molecule has 0 bridgehead atoms. The van der Waals surface area contributed by atoms with Gasteiger partial charge in [-0.05, 0) is 82.9 Å². The smallest absolute Gasteiger partial charge is 0.160 e. The van der Waals surface area contributed by atoms with Crippen molar-refractivity contribution in [3.63, 3.8) is 0 Å². The summed E-state index contributed by atoms with van der Waals surface area (Å²) in [7, 11) is 0. The molecule has 4 heteroatoms. The van der Waals surface area contributed by atoms with Gasteiger partial charge in [0.05, 0.1) is 33.5 Å². The Morgan fingerprint density at radius 1 is 0.242 bits per heavy atom. The summed E-state index contributed by atoms with van der Waals surface area (Å²) in [4.78, 5) is 10.1. The van der Waals surface area contributed by atoms with Crippen LogP contribution in [-0.4, -0.2) is 19.1 Å². The first-order valence-corrected chi connectivity index (χ1v) is 21.1. The summed E-state index contributed by atoms with van der Waals surface area (Å²) in [5.74, 6) is 0.710. The highest BCUT2D eigenvalue weighted by atomic mass is 15.0. The van der Waals surface area contributed by atoms with Crippen molar-refractivity contribution in [3.05, 3.63) is 231 Å². The number of hydrogen-bond acceptors (Lipinski definition) is 2. The number of fused-ring (bicyclic) bond motifs is 6. The minimum Gasteiger partial charge on any atom is -0.309 e. The predicted octanol–water partition coefficient (Wildman–Crippen LogP) is 15.0. The van der Waals surface area contributed by atoms with Gasteiger partial charge in [0.1, 0.15) is 0 Å². The van der Waals surface area contributed by atoms with Gasteiger partial charge in [0.2, 0.25) is 0 Å². The number of benzene rings is 9. The van der Waals surface area contributed by atoms with Crippen molar-refractivity contribution in [2.24, 2.45) is 0 Å². The molecule has 62 heavy (non-hydrogen) atoms. The highest BCUT2D eigenvalue weighted by Gasteiger charge is 2.17. The van der Waals surface area contributed by atoms with E-state index >= 15 is 0 Å². The predicted molar refractivity (Wildman–Crippen MR) is 258 cm³/mol. The van der Waals surface area contributed by atoms with Gasteiger partial charge in [0, 0.05) is 49.6 Å². The summed E-state index contributed by atoms with van der Waals surface area (Å²) < 4.78 is 4.75. The number of rotatable bonds is 7. The zero-order chi connectivity index (χ0) is 41.0. The molecule has 0 saturated carbocycles. The Morgan fingerprint density at radius 3 is 1.31 bits per heavy atom. The van der Waals surface area contributed by atoms with Crippen LogP contribution in [0.1, 0.15) is 0 Å². The first kappa shape index (κ1) is 35.6. The highest BCUT2D eigenvalue weighted by molar-refractivity contribution is 6.11. The van der Waals surface area contributed by atoms with Crippen LogP contribution in [0.4, 0.5) is 0 Å². The molecular formula is C58H38N4. The molecule has 0 unspecified atom stereocenters. The molecule has 0 N–H and O–H groups in total. The largest absolute Gasteiger partial charge is 0.309 e. The molecule has 0 radical (unpaired) electrons. The van der Waals surface area contributed by atoms with Gasteiger partial charge in [0.15, 0.2) is 5.82 Å². The summed E-state index contributed by atoms with van der Waals surface area (Å²) in [5, 5.41) is 4.96. The monoisotopic (exact) mass is 790 g/mol. The Hall–Kier alpha value is -8.34. The van der Waals surface area contributed by atoms with E-state index in [1.807, 2.05) is 36.4 Å². The van der Waals surface area contributed by atoms with Crippen molar-refractivity contribution in [3.8, 4) is 67.5 Å². The fraction of sp³-hybridized carbons (Fsp3) is 0. The molecular weight excluding hydrogens is 753 g/mol. The molecule has 3 heterocycles. The van der Waals surface area contributed by atoms with Gasteiger partial charge < -0.3 is 9.13 Å². The summed E-state index contributed by atoms with van der Waals surface area (Å²) in [5.41, 5.74) is 16.6. The molecule has 0 spiro atoms. The van der Waals surface area contributed by atoms with E-state index in [1.165, 1.54) is 71.6 Å². The van der Waals surface area contributed by atoms with E-state index in [9.17, 15) is 0 Å². The van der Waals surface area contributed by atoms with Crippen molar-refractivity contribution < 1.29 is 0 Å². The van der Waals surface area contributed by atoms with Crippen molar-refractivity contribution >= 4 is 43.6 Å². The number of para-hydroxylation sites is 3. The highest BCUT2D eigenvalue weighted by Crippen LogP contribution is 2.38. The fourth-order valence-electron chi connectivity index (χ4n) is 9.14. The molecule has 0 aliphatic heterocycles. The Balaban J connectivity index is 0.908. The average molecular weight is 791 g/mol. The lowest BCUT2D eigenvalue weighted by Gasteiger charge is -2.12. The summed E-state index contributed by atoms with van der Waals surface area (Å²) >= 11 is 0. The number of nitrogens with zero attached hydrogens (tertiary/aromatic N) is 4. The molecule has 0 aliphatic rings. The minimum absolute atomic E-state index is 0.710. The number of hydrogen-bond donors (Lipinski definition) is 0. The van der Waals surface area contributed by atoms with Crippen molar-refractivity contribution in [1.29, 1.82) is 0 Å².